The second kappa shape index (κ2) is 8.23. The van der Waals surface area contributed by atoms with Crippen LogP contribution >= 0.6 is 0 Å². The molecule has 0 spiro atoms. The van der Waals surface area contributed by atoms with Gasteiger partial charge in [0.15, 0.2) is 0 Å². The largest absolute Gasteiger partial charge is 0.463 e. The van der Waals surface area contributed by atoms with E-state index in [0.717, 1.165) is 16.7 Å². The maximum atomic E-state index is 13.7. The third kappa shape index (κ3) is 3.34. The van der Waals surface area contributed by atoms with Gasteiger partial charge in [-0.1, -0.05) is 84.9 Å². The molecule has 4 nitrogen and oxygen atoms in total. The zero-order valence-corrected chi connectivity index (χ0v) is 17.6. The van der Waals surface area contributed by atoms with Crippen LogP contribution in [-0.4, -0.2) is 18.5 Å². The Balaban J connectivity index is 2.05. The number of para-hydroxylation sites is 1. The van der Waals surface area contributed by atoms with Gasteiger partial charge in [-0.2, -0.15) is 0 Å². The highest BCUT2D eigenvalue weighted by molar-refractivity contribution is 6.00. The molecule has 1 aliphatic rings. The Kier molecular flexibility index (Phi) is 5.47. The van der Waals surface area contributed by atoms with Crippen LogP contribution in [0.15, 0.2) is 91.0 Å². The van der Waals surface area contributed by atoms with Crippen LogP contribution in [0.25, 0.3) is 0 Å². The van der Waals surface area contributed by atoms with Crippen molar-refractivity contribution in [3.8, 4) is 5.75 Å². The van der Waals surface area contributed by atoms with Crippen molar-refractivity contribution in [3.05, 3.63) is 113 Å². The van der Waals surface area contributed by atoms with Crippen LogP contribution in [-0.2, 0) is 19.7 Å². The number of rotatable bonds is 6. The van der Waals surface area contributed by atoms with Crippen molar-refractivity contribution in [3.63, 3.8) is 0 Å². The lowest BCUT2D eigenvalue weighted by Crippen LogP contribution is -2.43. The summed E-state index contributed by atoms with van der Waals surface area (Å²) >= 11 is 0. The summed E-state index contributed by atoms with van der Waals surface area (Å²) in [6.07, 6.45) is 0. The Bertz CT molecular complexity index is 1130. The molecule has 3 aromatic carbocycles. The first-order valence-electron chi connectivity index (χ1n) is 10.3. The normalized spacial score (nSPS) is 18.1. The fraction of sp³-hybridized carbons (Fsp3) is 0.185. The van der Waals surface area contributed by atoms with E-state index in [1.807, 2.05) is 79.7 Å². The minimum atomic E-state index is -1.27. The van der Waals surface area contributed by atoms with E-state index >= 15 is 0 Å². The average Bonchev–Trinajstić information content (AvgIpc) is 3.08. The molecule has 0 radical (unpaired) electrons. The third-order valence-corrected chi connectivity index (χ3v) is 5.80. The Morgan fingerprint density at radius 2 is 1.65 bits per heavy atom. The van der Waals surface area contributed by atoms with Gasteiger partial charge in [-0.05, 0) is 31.0 Å². The quantitative estimate of drug-likeness (QED) is 0.321. The maximum absolute atomic E-state index is 13.7. The standard InChI is InChI=1S/C27H24O4/c1-4-30-25(28)19(3)24(20-16-14-18(2)15-17-20)27(21-10-6-5-7-11-21)22-12-8-9-13-23(22)31-26(27)29/h5-17,24H,3-4H2,1-2H3/t24-,27-/m0/s1. The summed E-state index contributed by atoms with van der Waals surface area (Å²) in [5.41, 5.74) is 2.26. The van der Waals surface area contributed by atoms with Crippen LogP contribution in [0.5, 0.6) is 5.75 Å². The van der Waals surface area contributed by atoms with Crippen molar-refractivity contribution in [2.45, 2.75) is 25.2 Å². The highest BCUT2D eigenvalue weighted by Crippen LogP contribution is 2.54. The monoisotopic (exact) mass is 412 g/mol. The lowest BCUT2D eigenvalue weighted by Gasteiger charge is -2.36. The van der Waals surface area contributed by atoms with Gasteiger partial charge < -0.3 is 9.47 Å². The molecule has 0 aromatic heterocycles. The second-order valence-electron chi connectivity index (χ2n) is 7.65. The molecular formula is C27H24O4. The van der Waals surface area contributed by atoms with Gasteiger partial charge in [0.2, 0.25) is 0 Å². The van der Waals surface area contributed by atoms with Gasteiger partial charge in [0.25, 0.3) is 0 Å². The topological polar surface area (TPSA) is 52.6 Å². The van der Waals surface area contributed by atoms with Crippen molar-refractivity contribution >= 4 is 11.9 Å². The van der Waals surface area contributed by atoms with E-state index in [-0.39, 0.29) is 12.2 Å². The molecule has 3 aromatic rings. The summed E-state index contributed by atoms with van der Waals surface area (Å²) in [5.74, 6) is -1.17. The molecule has 31 heavy (non-hydrogen) atoms. The van der Waals surface area contributed by atoms with Gasteiger partial charge in [0, 0.05) is 17.1 Å². The van der Waals surface area contributed by atoms with E-state index in [0.29, 0.717) is 11.3 Å². The van der Waals surface area contributed by atoms with Gasteiger partial charge in [-0.15, -0.1) is 0 Å². The predicted molar refractivity (Wildman–Crippen MR) is 119 cm³/mol. The summed E-state index contributed by atoms with van der Waals surface area (Å²) in [7, 11) is 0. The molecule has 0 amide bonds. The van der Waals surface area contributed by atoms with Crippen LogP contribution in [0.3, 0.4) is 0 Å². The van der Waals surface area contributed by atoms with Crippen molar-refractivity contribution < 1.29 is 19.1 Å². The molecule has 4 heteroatoms. The number of benzene rings is 3. The van der Waals surface area contributed by atoms with Gasteiger partial charge >= 0.3 is 11.9 Å². The van der Waals surface area contributed by atoms with Gasteiger partial charge in [0.1, 0.15) is 11.2 Å². The number of hydrogen-bond donors (Lipinski definition) is 0. The van der Waals surface area contributed by atoms with E-state index in [2.05, 4.69) is 6.58 Å². The smallest absolute Gasteiger partial charge is 0.334 e. The fourth-order valence-electron chi connectivity index (χ4n) is 4.40. The molecule has 4 rings (SSSR count). The summed E-state index contributed by atoms with van der Waals surface area (Å²) in [6.45, 7) is 8.07. The Hall–Kier alpha value is -3.66. The summed E-state index contributed by atoms with van der Waals surface area (Å²) < 4.78 is 11.1. The second-order valence-corrected chi connectivity index (χ2v) is 7.65. The molecular weight excluding hydrogens is 388 g/mol. The third-order valence-electron chi connectivity index (χ3n) is 5.80. The van der Waals surface area contributed by atoms with E-state index in [1.165, 1.54) is 0 Å². The first kappa shape index (κ1) is 20.6. The minimum absolute atomic E-state index is 0.211. The van der Waals surface area contributed by atoms with E-state index in [9.17, 15) is 9.59 Å². The SMILES string of the molecule is C=C(C(=O)OCC)[C@@H](c1ccc(C)cc1)[C@@]1(c2ccccc2)C(=O)Oc2ccccc21. The van der Waals surface area contributed by atoms with Crippen molar-refractivity contribution in [2.75, 3.05) is 6.61 Å². The highest BCUT2D eigenvalue weighted by Gasteiger charge is 2.57. The Morgan fingerprint density at radius 1 is 1.00 bits per heavy atom. The highest BCUT2D eigenvalue weighted by atomic mass is 16.5. The number of hydrogen-bond acceptors (Lipinski definition) is 4. The molecule has 1 aliphatic heterocycles. The van der Waals surface area contributed by atoms with Crippen LogP contribution in [0, 0.1) is 6.92 Å². The van der Waals surface area contributed by atoms with Crippen LogP contribution in [0.1, 0.15) is 35.1 Å². The number of carbonyl (C=O) groups excluding carboxylic acids is 2. The van der Waals surface area contributed by atoms with E-state index in [4.69, 9.17) is 9.47 Å². The van der Waals surface area contributed by atoms with Crippen LogP contribution < -0.4 is 4.74 Å². The molecule has 0 bridgehead atoms. The summed E-state index contributed by atoms with van der Waals surface area (Å²) in [6, 6.07) is 24.6. The van der Waals surface area contributed by atoms with Gasteiger partial charge in [-0.25, -0.2) is 4.79 Å². The Morgan fingerprint density at radius 3 is 2.32 bits per heavy atom. The van der Waals surface area contributed by atoms with Gasteiger partial charge in [-0.3, -0.25) is 4.79 Å². The first-order chi connectivity index (χ1) is 15.0. The average molecular weight is 412 g/mol. The number of aryl methyl sites for hydroxylation is 1. The van der Waals surface area contributed by atoms with Crippen LogP contribution in [0.4, 0.5) is 0 Å². The maximum Gasteiger partial charge on any atom is 0.334 e. The lowest BCUT2D eigenvalue weighted by molar-refractivity contribution is -0.140. The van der Waals surface area contributed by atoms with Crippen molar-refractivity contribution in [2.24, 2.45) is 0 Å². The van der Waals surface area contributed by atoms with Crippen molar-refractivity contribution in [1.29, 1.82) is 0 Å². The molecule has 1 heterocycles. The zero-order chi connectivity index (χ0) is 22.0. The molecule has 0 saturated carbocycles. The molecule has 0 fully saturated rings. The summed E-state index contributed by atoms with van der Waals surface area (Å²) in [4.78, 5) is 26.6. The number of ether oxygens (including phenoxy) is 2. The summed E-state index contributed by atoms with van der Waals surface area (Å²) in [5, 5.41) is 0. The predicted octanol–water partition coefficient (Wildman–Crippen LogP) is 5.10. The lowest BCUT2D eigenvalue weighted by atomic mass is 9.62. The number of esters is 2. The van der Waals surface area contributed by atoms with E-state index < -0.39 is 23.3 Å². The fourth-order valence-corrected chi connectivity index (χ4v) is 4.40. The molecule has 2 atom stereocenters. The number of carbonyl (C=O) groups is 2. The minimum Gasteiger partial charge on any atom is -0.463 e. The van der Waals surface area contributed by atoms with Crippen molar-refractivity contribution in [1.82, 2.24) is 0 Å². The molecule has 0 N–H and O–H groups in total. The molecule has 0 aliphatic carbocycles. The molecule has 0 saturated heterocycles. The first-order valence-corrected chi connectivity index (χ1v) is 10.3. The molecule has 156 valence electrons. The van der Waals surface area contributed by atoms with Crippen LogP contribution in [0.2, 0.25) is 0 Å². The van der Waals surface area contributed by atoms with E-state index in [1.54, 1.807) is 13.0 Å². The van der Waals surface area contributed by atoms with Gasteiger partial charge in [0.05, 0.1) is 6.61 Å². The number of fused-ring (bicyclic) bond motifs is 1. The molecule has 0 unspecified atom stereocenters. The zero-order valence-electron chi connectivity index (χ0n) is 17.6. The Labute approximate surface area is 182 Å².